The van der Waals surface area contributed by atoms with E-state index in [4.69, 9.17) is 0 Å². The molecule has 0 heterocycles. The summed E-state index contributed by atoms with van der Waals surface area (Å²) in [6.07, 6.45) is 0. The van der Waals surface area contributed by atoms with Crippen molar-refractivity contribution in [3.05, 3.63) is 60.2 Å². The van der Waals surface area contributed by atoms with Crippen molar-refractivity contribution in [2.45, 2.75) is 58.2 Å². The normalized spacial score (nSPS) is 12.2. The van der Waals surface area contributed by atoms with Crippen molar-refractivity contribution in [1.82, 2.24) is 0 Å². The van der Waals surface area contributed by atoms with Crippen LogP contribution >= 0.6 is 0 Å². The number of benzene rings is 3. The highest BCUT2D eigenvalue weighted by atomic mass is 28.3. The van der Waals surface area contributed by atoms with Gasteiger partial charge in [0.2, 0.25) is 0 Å². The minimum absolute atomic E-state index is 0.649. The third kappa shape index (κ3) is 3.08. The molecule has 0 aliphatic heterocycles. The largest absolute Gasteiger partial charge is 0.146 e. The van der Waals surface area contributed by atoms with Crippen LogP contribution in [-0.4, -0.2) is 8.07 Å². The molecular weight excluding hydrogens is 328 g/mol. The van der Waals surface area contributed by atoms with Gasteiger partial charge in [-0.15, -0.1) is 5.54 Å². The van der Waals surface area contributed by atoms with Crippen molar-refractivity contribution in [2.75, 3.05) is 0 Å². The van der Waals surface area contributed by atoms with Gasteiger partial charge in [0.15, 0.2) is 0 Å². The molecule has 1 heteroatoms. The van der Waals surface area contributed by atoms with Crippen LogP contribution in [0.4, 0.5) is 0 Å². The molecule has 134 valence electrons. The predicted molar refractivity (Wildman–Crippen MR) is 119 cm³/mol. The summed E-state index contributed by atoms with van der Waals surface area (Å²) in [7, 11) is -1.75. The lowest BCUT2D eigenvalue weighted by atomic mass is 9.97. The van der Waals surface area contributed by atoms with Crippen molar-refractivity contribution in [1.29, 1.82) is 0 Å². The first-order valence-corrected chi connectivity index (χ1v) is 12.0. The highest BCUT2D eigenvalue weighted by Crippen LogP contribution is 2.41. The Balaban J connectivity index is 2.33. The number of hydrogen-bond acceptors (Lipinski definition) is 0. The lowest BCUT2D eigenvalue weighted by Crippen LogP contribution is -2.43. The monoisotopic (exact) mass is 358 g/mol. The maximum atomic E-state index is 3.92. The smallest absolute Gasteiger partial charge is 0.125 e. The Morgan fingerprint density at radius 2 is 1.08 bits per heavy atom. The predicted octanol–water partition coefficient (Wildman–Crippen LogP) is 7.56. The van der Waals surface area contributed by atoms with E-state index in [-0.39, 0.29) is 0 Å². The van der Waals surface area contributed by atoms with Crippen molar-refractivity contribution in [3.63, 3.8) is 0 Å². The van der Waals surface area contributed by atoms with Gasteiger partial charge in [-0.3, -0.25) is 0 Å². The SMILES string of the molecule is CC(C)[Si](C#Cc1c2ccccc2cc2ccccc12)(C(C)C)C(C)C. The van der Waals surface area contributed by atoms with Gasteiger partial charge in [0.1, 0.15) is 8.07 Å². The maximum absolute atomic E-state index is 3.92. The molecule has 0 nitrogen and oxygen atoms in total. The van der Waals surface area contributed by atoms with E-state index in [1.54, 1.807) is 0 Å². The van der Waals surface area contributed by atoms with Gasteiger partial charge < -0.3 is 0 Å². The molecule has 0 amide bonds. The van der Waals surface area contributed by atoms with Gasteiger partial charge in [-0.2, -0.15) is 0 Å². The molecule has 26 heavy (non-hydrogen) atoms. The molecule has 0 unspecified atom stereocenters. The first-order valence-electron chi connectivity index (χ1n) is 9.81. The zero-order chi connectivity index (χ0) is 18.9. The third-order valence-electron chi connectivity index (χ3n) is 6.04. The first kappa shape index (κ1) is 18.7. The molecule has 3 aromatic rings. The fraction of sp³-hybridized carbons (Fsp3) is 0.360. The standard InChI is InChI=1S/C25H30Si/c1-18(2)26(19(3)4,20(5)6)16-15-25-23-13-9-7-11-21(23)17-22-12-8-10-14-24(22)25/h7-14,17-20H,1-6H3. The molecular formula is C25H30Si. The van der Waals surface area contributed by atoms with Gasteiger partial charge >= 0.3 is 0 Å². The average Bonchev–Trinajstić information content (AvgIpc) is 2.60. The second kappa shape index (κ2) is 7.29. The Bertz CT molecular complexity index is 907. The van der Waals surface area contributed by atoms with E-state index in [0.717, 1.165) is 0 Å². The topological polar surface area (TPSA) is 0 Å². The zero-order valence-electron chi connectivity index (χ0n) is 16.9. The van der Waals surface area contributed by atoms with Crippen molar-refractivity contribution >= 4 is 29.6 Å². The molecule has 0 radical (unpaired) electrons. The van der Waals surface area contributed by atoms with Crippen LogP contribution in [0.2, 0.25) is 16.6 Å². The quantitative estimate of drug-likeness (QED) is 0.257. The first-order chi connectivity index (χ1) is 12.4. The van der Waals surface area contributed by atoms with E-state index in [0.29, 0.717) is 16.6 Å². The third-order valence-corrected chi connectivity index (χ3v) is 12.3. The van der Waals surface area contributed by atoms with Crippen LogP contribution in [0.25, 0.3) is 21.5 Å². The summed E-state index contributed by atoms with van der Waals surface area (Å²) in [4.78, 5) is 0. The van der Waals surface area contributed by atoms with Crippen molar-refractivity contribution in [2.24, 2.45) is 0 Å². The van der Waals surface area contributed by atoms with Crippen molar-refractivity contribution < 1.29 is 0 Å². The van der Waals surface area contributed by atoms with Crippen LogP contribution in [-0.2, 0) is 0 Å². The molecule has 3 aromatic carbocycles. The van der Waals surface area contributed by atoms with E-state index in [1.807, 2.05) is 0 Å². The molecule has 0 bridgehead atoms. The van der Waals surface area contributed by atoms with Gasteiger partial charge in [-0.1, -0.05) is 96.0 Å². The average molecular weight is 359 g/mol. The summed E-state index contributed by atoms with van der Waals surface area (Å²) in [5, 5.41) is 5.11. The van der Waals surface area contributed by atoms with E-state index in [1.165, 1.54) is 27.1 Å². The van der Waals surface area contributed by atoms with Crippen LogP contribution in [0.1, 0.15) is 47.1 Å². The minimum Gasteiger partial charge on any atom is -0.125 e. The molecule has 0 saturated heterocycles. The van der Waals surface area contributed by atoms with Crippen LogP contribution in [0.5, 0.6) is 0 Å². The highest BCUT2D eigenvalue weighted by Gasteiger charge is 2.41. The second-order valence-corrected chi connectivity index (χ2v) is 13.9. The molecule has 0 saturated carbocycles. The summed E-state index contributed by atoms with van der Waals surface area (Å²) in [5.74, 6) is 3.73. The maximum Gasteiger partial charge on any atom is 0.146 e. The Morgan fingerprint density at radius 1 is 0.654 bits per heavy atom. The molecule has 0 N–H and O–H groups in total. The van der Waals surface area contributed by atoms with Crippen LogP contribution in [0, 0.1) is 11.5 Å². The van der Waals surface area contributed by atoms with Crippen LogP contribution < -0.4 is 0 Å². The van der Waals surface area contributed by atoms with E-state index in [9.17, 15) is 0 Å². The zero-order valence-corrected chi connectivity index (χ0v) is 17.9. The second-order valence-electron chi connectivity index (χ2n) is 8.34. The molecule has 0 spiro atoms. The Labute approximate surface area is 159 Å². The summed E-state index contributed by atoms with van der Waals surface area (Å²) in [6.45, 7) is 14.3. The molecule has 0 aliphatic rings. The fourth-order valence-electron chi connectivity index (χ4n) is 4.75. The van der Waals surface area contributed by atoms with Gasteiger partial charge in [0, 0.05) is 5.56 Å². The number of fused-ring (bicyclic) bond motifs is 2. The van der Waals surface area contributed by atoms with E-state index >= 15 is 0 Å². The van der Waals surface area contributed by atoms with Gasteiger partial charge in [-0.05, 0) is 44.2 Å². The lowest BCUT2D eigenvalue weighted by molar-refractivity contribution is 0.838. The van der Waals surface area contributed by atoms with Crippen LogP contribution in [0.3, 0.4) is 0 Å². The summed E-state index contributed by atoms with van der Waals surface area (Å²) >= 11 is 0. The lowest BCUT2D eigenvalue weighted by Gasteiger charge is -2.38. The molecule has 0 aliphatic carbocycles. The number of rotatable bonds is 3. The highest BCUT2D eigenvalue weighted by molar-refractivity contribution is 6.90. The van der Waals surface area contributed by atoms with Crippen LogP contribution in [0.15, 0.2) is 54.6 Å². The molecule has 0 aromatic heterocycles. The molecule has 0 fully saturated rings. The van der Waals surface area contributed by atoms with Gasteiger partial charge in [0.05, 0.1) is 0 Å². The van der Waals surface area contributed by atoms with Gasteiger partial charge in [0.25, 0.3) is 0 Å². The molecule has 0 atom stereocenters. The minimum atomic E-state index is -1.75. The summed E-state index contributed by atoms with van der Waals surface area (Å²) in [5.41, 5.74) is 7.07. The Morgan fingerprint density at radius 3 is 1.50 bits per heavy atom. The van der Waals surface area contributed by atoms with E-state index in [2.05, 4.69) is 108 Å². The van der Waals surface area contributed by atoms with E-state index < -0.39 is 8.07 Å². The Kier molecular flexibility index (Phi) is 5.26. The summed E-state index contributed by atoms with van der Waals surface area (Å²) in [6, 6.07) is 19.6. The number of hydrogen-bond donors (Lipinski definition) is 0. The van der Waals surface area contributed by atoms with Gasteiger partial charge in [-0.25, -0.2) is 0 Å². The molecule has 3 rings (SSSR count). The van der Waals surface area contributed by atoms with Crippen molar-refractivity contribution in [3.8, 4) is 11.5 Å². The summed E-state index contributed by atoms with van der Waals surface area (Å²) < 4.78 is 0. The fourth-order valence-corrected chi connectivity index (χ4v) is 9.96. The Hall–Kier alpha value is -2.04.